The van der Waals surface area contributed by atoms with Crippen LogP contribution in [0.3, 0.4) is 0 Å². The summed E-state index contributed by atoms with van der Waals surface area (Å²) in [5.74, 6) is 0.311. The molecule has 1 atom stereocenters. The number of pyridine rings is 1. The van der Waals surface area contributed by atoms with E-state index in [-0.39, 0.29) is 17.6 Å². The number of aromatic nitrogens is 3. The zero-order valence-electron chi connectivity index (χ0n) is 28.7. The molecule has 0 saturated carbocycles. The average molecular weight is 822 g/mol. The van der Waals surface area contributed by atoms with E-state index in [0.29, 0.717) is 63.1 Å². The molecule has 15 heteroatoms. The standard InChI is InChI=1S/C36H43Br2N11O2/c1-45-10-6-24(7-11-45)46-14-16-47(17-15-46)34(50)30(20-23-18-27(37)32(40)28(38)19-23)43-35(42-22-39)48-12-8-25(9-13-48)49-31-21-41-29-5-3-2-4-26(29)33(31)44-36(49)51/h2-5,18-19,21,24-25,30H,6-17,20,40H2,1H3,(H,42,43)(H,44,51)/t30-/m1/s1. The van der Waals surface area contributed by atoms with E-state index in [1.807, 2.05) is 50.8 Å². The Balaban J connectivity index is 1.11. The zero-order chi connectivity index (χ0) is 35.6. The van der Waals surface area contributed by atoms with E-state index >= 15 is 0 Å². The number of carbonyl (C=O) groups excluding carboxylic acids is 1. The molecule has 3 aliphatic rings. The number of aliphatic imine (C=N–C) groups is 1. The minimum atomic E-state index is -0.758. The second-order valence-electron chi connectivity index (χ2n) is 13.8. The fraction of sp³-hybridized carbons (Fsp3) is 0.472. The van der Waals surface area contributed by atoms with Crippen LogP contribution in [0.25, 0.3) is 21.9 Å². The SMILES string of the molecule is CN1CCC(N2CCN(C(=O)[C@@H](Cc3cc(Br)c(N)c(Br)c3)N=C(NC#N)N3CCC(n4c(=O)[nH]c5c6ccccc6ncc54)CC3)CC2)CC1. The highest BCUT2D eigenvalue weighted by Gasteiger charge is 2.33. The maximum atomic E-state index is 14.3. The number of imidazole rings is 1. The number of nitrogens with one attached hydrogen (secondary N) is 2. The van der Waals surface area contributed by atoms with Crippen molar-refractivity contribution in [2.24, 2.45) is 4.99 Å². The minimum absolute atomic E-state index is 0.0562. The Kier molecular flexibility index (Phi) is 10.7. The van der Waals surface area contributed by atoms with Crippen LogP contribution in [0.15, 0.2) is 61.3 Å². The number of halogens is 2. The summed E-state index contributed by atoms with van der Waals surface area (Å²) in [6.07, 6.45) is 7.78. The third-order valence-corrected chi connectivity index (χ3v) is 12.0. The third-order valence-electron chi connectivity index (χ3n) is 10.7. The molecule has 3 aliphatic heterocycles. The van der Waals surface area contributed by atoms with Crippen molar-refractivity contribution in [2.75, 3.05) is 65.1 Å². The molecule has 0 spiro atoms. The second kappa shape index (κ2) is 15.3. The van der Waals surface area contributed by atoms with Gasteiger partial charge in [-0.1, -0.05) is 18.2 Å². The van der Waals surface area contributed by atoms with Crippen LogP contribution in [-0.4, -0.2) is 117 Å². The molecule has 2 aromatic carbocycles. The highest BCUT2D eigenvalue weighted by molar-refractivity contribution is 9.11. The second-order valence-corrected chi connectivity index (χ2v) is 15.5. The monoisotopic (exact) mass is 819 g/mol. The summed E-state index contributed by atoms with van der Waals surface area (Å²) in [7, 11) is 2.17. The number of para-hydroxylation sites is 1. The fourth-order valence-electron chi connectivity index (χ4n) is 7.85. The summed E-state index contributed by atoms with van der Waals surface area (Å²) in [5.41, 5.74) is 9.91. The Labute approximate surface area is 313 Å². The van der Waals surface area contributed by atoms with Gasteiger partial charge in [0.1, 0.15) is 6.04 Å². The van der Waals surface area contributed by atoms with E-state index in [4.69, 9.17) is 10.7 Å². The number of hydrogen-bond acceptors (Lipinski definition) is 8. The smallest absolute Gasteiger partial charge is 0.326 e. The van der Waals surface area contributed by atoms with Crippen molar-refractivity contribution in [3.63, 3.8) is 0 Å². The van der Waals surface area contributed by atoms with Gasteiger partial charge < -0.3 is 25.4 Å². The van der Waals surface area contributed by atoms with E-state index in [2.05, 4.69) is 70.2 Å². The van der Waals surface area contributed by atoms with Crippen LogP contribution in [0.1, 0.15) is 37.3 Å². The first-order valence-corrected chi connectivity index (χ1v) is 19.2. The number of piperidine rings is 2. The van der Waals surface area contributed by atoms with Crippen molar-refractivity contribution >= 4 is 71.4 Å². The highest BCUT2D eigenvalue weighted by atomic mass is 79.9. The predicted octanol–water partition coefficient (Wildman–Crippen LogP) is 3.90. The third kappa shape index (κ3) is 7.51. The van der Waals surface area contributed by atoms with Gasteiger partial charge in [0.25, 0.3) is 0 Å². The predicted molar refractivity (Wildman–Crippen MR) is 206 cm³/mol. The molecule has 13 nitrogen and oxygen atoms in total. The minimum Gasteiger partial charge on any atom is -0.397 e. The average Bonchev–Trinajstić information content (AvgIpc) is 3.49. The van der Waals surface area contributed by atoms with E-state index in [1.54, 1.807) is 6.20 Å². The number of hydrogen-bond donors (Lipinski definition) is 3. The molecule has 2 aromatic heterocycles. The van der Waals surface area contributed by atoms with Crippen molar-refractivity contribution in [3.05, 3.63) is 67.6 Å². The maximum absolute atomic E-state index is 14.3. The number of anilines is 1. The largest absolute Gasteiger partial charge is 0.397 e. The lowest BCUT2D eigenvalue weighted by molar-refractivity contribution is -0.134. The van der Waals surface area contributed by atoms with E-state index in [1.165, 1.54) is 0 Å². The van der Waals surface area contributed by atoms with Crippen molar-refractivity contribution < 1.29 is 4.79 Å². The number of rotatable bonds is 6. The molecule has 7 rings (SSSR count). The molecular formula is C36H43Br2N11O2. The first-order chi connectivity index (χ1) is 24.7. The van der Waals surface area contributed by atoms with Crippen molar-refractivity contribution in [2.45, 2.75) is 50.2 Å². The van der Waals surface area contributed by atoms with Crippen LogP contribution >= 0.6 is 31.9 Å². The van der Waals surface area contributed by atoms with Gasteiger partial charge in [-0.15, -0.1) is 0 Å². The van der Waals surface area contributed by atoms with Crippen LogP contribution in [0, 0.1) is 11.5 Å². The quantitative estimate of drug-likeness (QED) is 0.0865. The molecule has 0 radical (unpaired) electrons. The molecule has 51 heavy (non-hydrogen) atoms. The lowest BCUT2D eigenvalue weighted by Gasteiger charge is -2.42. The summed E-state index contributed by atoms with van der Waals surface area (Å²) in [4.78, 5) is 49.1. The Morgan fingerprint density at radius 3 is 2.37 bits per heavy atom. The Bertz CT molecular complexity index is 2010. The van der Waals surface area contributed by atoms with Gasteiger partial charge in [-0.05, 0) is 101 Å². The Hall–Kier alpha value is -3.97. The highest BCUT2D eigenvalue weighted by Crippen LogP contribution is 2.31. The molecule has 5 heterocycles. The lowest BCUT2D eigenvalue weighted by Crippen LogP contribution is -2.56. The van der Waals surface area contributed by atoms with Crippen LogP contribution < -0.4 is 16.7 Å². The molecule has 0 unspecified atom stereocenters. The molecule has 0 bridgehead atoms. The number of nitrogen functional groups attached to an aromatic ring is 1. The number of fused-ring (bicyclic) bond motifs is 3. The maximum Gasteiger partial charge on any atom is 0.326 e. The summed E-state index contributed by atoms with van der Waals surface area (Å²) in [6, 6.07) is 11.4. The molecule has 4 aromatic rings. The number of aromatic amines is 1. The number of guanidine groups is 1. The molecule has 268 valence electrons. The summed E-state index contributed by atoms with van der Waals surface area (Å²) in [5, 5.41) is 13.5. The van der Waals surface area contributed by atoms with Gasteiger partial charge in [-0.3, -0.25) is 24.6 Å². The van der Waals surface area contributed by atoms with Gasteiger partial charge in [0.05, 0.1) is 28.4 Å². The Morgan fingerprint density at radius 2 is 1.69 bits per heavy atom. The van der Waals surface area contributed by atoms with E-state index in [0.717, 1.165) is 75.5 Å². The zero-order valence-corrected chi connectivity index (χ0v) is 31.9. The molecular weight excluding hydrogens is 778 g/mol. The molecule has 3 fully saturated rings. The fourth-order valence-corrected chi connectivity index (χ4v) is 9.14. The van der Waals surface area contributed by atoms with Crippen molar-refractivity contribution in [1.29, 1.82) is 5.26 Å². The van der Waals surface area contributed by atoms with Gasteiger partial charge in [-0.2, -0.15) is 5.26 Å². The van der Waals surface area contributed by atoms with Gasteiger partial charge >= 0.3 is 5.69 Å². The van der Waals surface area contributed by atoms with Gasteiger partial charge in [-0.25, -0.2) is 9.79 Å². The summed E-state index contributed by atoms with van der Waals surface area (Å²) in [6.45, 7) is 6.26. The first kappa shape index (κ1) is 35.4. The number of nitriles is 1. The lowest BCUT2D eigenvalue weighted by atomic mass is 10.0. The molecule has 1 amide bonds. The van der Waals surface area contributed by atoms with Crippen LogP contribution in [-0.2, 0) is 11.2 Å². The number of likely N-dealkylation sites (tertiary alicyclic amines) is 2. The number of nitrogens with zero attached hydrogens (tertiary/aromatic N) is 8. The number of piperazine rings is 1. The van der Waals surface area contributed by atoms with Gasteiger partial charge in [0.2, 0.25) is 11.9 Å². The van der Waals surface area contributed by atoms with Crippen LogP contribution in [0.2, 0.25) is 0 Å². The molecule has 4 N–H and O–H groups in total. The molecule has 0 aliphatic carbocycles. The summed E-state index contributed by atoms with van der Waals surface area (Å²) < 4.78 is 3.29. The first-order valence-electron chi connectivity index (χ1n) is 17.6. The number of H-pyrrole nitrogens is 1. The number of amides is 1. The van der Waals surface area contributed by atoms with Crippen molar-refractivity contribution in [3.8, 4) is 6.19 Å². The molecule has 3 saturated heterocycles. The number of nitrogens with two attached hydrogens (primary N) is 1. The van der Waals surface area contributed by atoms with Gasteiger partial charge in [0.15, 0.2) is 6.19 Å². The topological polar surface area (TPSA) is 155 Å². The Morgan fingerprint density at radius 1 is 1.02 bits per heavy atom. The normalized spacial score (nSPS) is 19.5. The summed E-state index contributed by atoms with van der Waals surface area (Å²) >= 11 is 7.10. The van der Waals surface area contributed by atoms with Gasteiger partial charge in [0, 0.05) is 72.1 Å². The van der Waals surface area contributed by atoms with Crippen LogP contribution in [0.5, 0.6) is 0 Å². The number of benzene rings is 2. The number of carbonyl (C=O) groups is 1. The van der Waals surface area contributed by atoms with Crippen LogP contribution in [0.4, 0.5) is 5.69 Å². The van der Waals surface area contributed by atoms with E-state index < -0.39 is 6.04 Å². The van der Waals surface area contributed by atoms with E-state index in [9.17, 15) is 14.9 Å². The van der Waals surface area contributed by atoms with Crippen molar-refractivity contribution in [1.82, 2.24) is 39.5 Å².